The van der Waals surface area contributed by atoms with Crippen LogP contribution in [0.3, 0.4) is 0 Å². The quantitative estimate of drug-likeness (QED) is 0.535. The Kier molecular flexibility index (Phi) is 2.94. The normalized spacial score (nSPS) is 33.7. The predicted octanol–water partition coefficient (Wildman–Crippen LogP) is 2.38. The van der Waals surface area contributed by atoms with Crippen molar-refractivity contribution in [1.82, 2.24) is 0 Å². The molecule has 0 unspecified atom stereocenters. The minimum atomic E-state index is 0.450. The molecule has 0 N–H and O–H groups in total. The van der Waals surface area contributed by atoms with Crippen LogP contribution in [0.5, 0.6) is 0 Å². The van der Waals surface area contributed by atoms with Crippen LogP contribution in [0.15, 0.2) is 12.7 Å². The summed E-state index contributed by atoms with van der Waals surface area (Å²) >= 11 is 0. The molecule has 1 aliphatic heterocycles. The molecule has 1 saturated heterocycles. The van der Waals surface area contributed by atoms with Crippen LogP contribution in [0.1, 0.15) is 26.2 Å². The van der Waals surface area contributed by atoms with E-state index in [1.165, 1.54) is 12.8 Å². The largest absolute Gasteiger partial charge is 0.378 e. The van der Waals surface area contributed by atoms with Crippen LogP contribution >= 0.6 is 0 Å². The van der Waals surface area contributed by atoms with Crippen molar-refractivity contribution in [2.45, 2.75) is 32.3 Å². The number of rotatable bonds is 2. The Bertz CT molecular complexity index is 109. The van der Waals surface area contributed by atoms with E-state index in [0.29, 0.717) is 6.10 Å². The average molecular weight is 140 g/mol. The molecular weight excluding hydrogens is 124 g/mol. The lowest BCUT2D eigenvalue weighted by Gasteiger charge is -2.28. The van der Waals surface area contributed by atoms with Crippen molar-refractivity contribution in [3.05, 3.63) is 12.7 Å². The number of ether oxygens (including phenoxy) is 1. The minimum absolute atomic E-state index is 0.450. The first-order valence-electron chi connectivity index (χ1n) is 4.07. The van der Waals surface area contributed by atoms with Crippen LogP contribution in [0.25, 0.3) is 0 Å². The maximum Gasteiger partial charge on any atom is 0.0634 e. The van der Waals surface area contributed by atoms with Gasteiger partial charge in [0.15, 0.2) is 0 Å². The van der Waals surface area contributed by atoms with Crippen LogP contribution in [0.4, 0.5) is 0 Å². The van der Waals surface area contributed by atoms with Gasteiger partial charge in [-0.3, -0.25) is 0 Å². The zero-order chi connectivity index (χ0) is 7.40. The summed E-state index contributed by atoms with van der Waals surface area (Å²) in [6.45, 7) is 6.91. The van der Waals surface area contributed by atoms with E-state index in [1.54, 1.807) is 0 Å². The summed E-state index contributed by atoms with van der Waals surface area (Å²) in [5.41, 5.74) is 0. The Morgan fingerprint density at radius 1 is 1.70 bits per heavy atom. The molecule has 0 aromatic heterocycles. The molecule has 1 fully saturated rings. The van der Waals surface area contributed by atoms with E-state index in [1.807, 2.05) is 6.08 Å². The van der Waals surface area contributed by atoms with Gasteiger partial charge in [0.1, 0.15) is 0 Å². The van der Waals surface area contributed by atoms with Gasteiger partial charge in [0, 0.05) is 6.61 Å². The van der Waals surface area contributed by atoms with Crippen LogP contribution in [0.2, 0.25) is 0 Å². The van der Waals surface area contributed by atoms with E-state index >= 15 is 0 Å². The molecule has 0 saturated carbocycles. The Morgan fingerprint density at radius 3 is 3.10 bits per heavy atom. The molecular formula is C9H16O. The zero-order valence-electron chi connectivity index (χ0n) is 6.68. The fraction of sp³-hybridized carbons (Fsp3) is 0.778. The summed E-state index contributed by atoms with van der Waals surface area (Å²) in [6.07, 6.45) is 5.97. The Morgan fingerprint density at radius 2 is 2.50 bits per heavy atom. The van der Waals surface area contributed by atoms with Crippen LogP contribution in [-0.2, 0) is 4.74 Å². The third kappa shape index (κ3) is 1.84. The molecule has 1 nitrogen and oxygen atoms in total. The number of hydrogen-bond acceptors (Lipinski definition) is 1. The monoisotopic (exact) mass is 140 g/mol. The number of hydrogen-bond donors (Lipinski definition) is 0. The van der Waals surface area contributed by atoms with Gasteiger partial charge in [-0.25, -0.2) is 0 Å². The summed E-state index contributed by atoms with van der Waals surface area (Å²) in [7, 11) is 0. The first-order chi connectivity index (χ1) is 4.84. The van der Waals surface area contributed by atoms with E-state index in [-0.39, 0.29) is 0 Å². The maximum atomic E-state index is 5.56. The topological polar surface area (TPSA) is 9.23 Å². The Hall–Kier alpha value is -0.300. The van der Waals surface area contributed by atoms with Crippen LogP contribution in [-0.4, -0.2) is 12.7 Å². The second-order valence-corrected chi connectivity index (χ2v) is 3.05. The molecule has 1 rings (SSSR count). The highest BCUT2D eigenvalue weighted by atomic mass is 16.5. The Labute approximate surface area is 63.1 Å². The minimum Gasteiger partial charge on any atom is -0.378 e. The lowest BCUT2D eigenvalue weighted by Crippen LogP contribution is -2.26. The fourth-order valence-corrected chi connectivity index (χ4v) is 1.45. The van der Waals surface area contributed by atoms with Gasteiger partial charge in [-0.05, 0) is 25.2 Å². The van der Waals surface area contributed by atoms with Crippen LogP contribution < -0.4 is 0 Å². The van der Waals surface area contributed by atoms with Gasteiger partial charge in [0.2, 0.25) is 0 Å². The predicted molar refractivity (Wildman–Crippen MR) is 43.0 cm³/mol. The van der Waals surface area contributed by atoms with Gasteiger partial charge in [-0.15, -0.1) is 6.58 Å². The summed E-state index contributed by atoms with van der Waals surface area (Å²) in [5, 5.41) is 0. The summed E-state index contributed by atoms with van der Waals surface area (Å²) in [6, 6.07) is 0. The van der Waals surface area contributed by atoms with E-state index in [0.717, 1.165) is 18.9 Å². The summed E-state index contributed by atoms with van der Waals surface area (Å²) in [5.74, 6) is 0.728. The van der Waals surface area contributed by atoms with Gasteiger partial charge in [0.25, 0.3) is 0 Å². The van der Waals surface area contributed by atoms with Crippen molar-refractivity contribution in [3.8, 4) is 0 Å². The fourth-order valence-electron chi connectivity index (χ4n) is 1.45. The van der Waals surface area contributed by atoms with E-state index in [2.05, 4.69) is 13.5 Å². The summed E-state index contributed by atoms with van der Waals surface area (Å²) < 4.78 is 5.56. The molecule has 0 radical (unpaired) electrons. The molecule has 0 aliphatic carbocycles. The van der Waals surface area contributed by atoms with Gasteiger partial charge in [-0.1, -0.05) is 13.0 Å². The first kappa shape index (κ1) is 7.80. The average Bonchev–Trinajstić information content (AvgIpc) is 1.94. The SMILES string of the molecule is C=CC[C@@H]1OCCC[C@H]1C. The lowest BCUT2D eigenvalue weighted by atomic mass is 9.94. The van der Waals surface area contributed by atoms with Crippen molar-refractivity contribution in [2.75, 3.05) is 6.61 Å². The second kappa shape index (κ2) is 3.77. The molecule has 2 atom stereocenters. The molecule has 0 amide bonds. The molecule has 1 heteroatoms. The molecule has 58 valence electrons. The highest BCUT2D eigenvalue weighted by molar-refractivity contribution is 4.79. The van der Waals surface area contributed by atoms with E-state index in [9.17, 15) is 0 Å². The second-order valence-electron chi connectivity index (χ2n) is 3.05. The molecule has 1 aliphatic rings. The van der Waals surface area contributed by atoms with E-state index in [4.69, 9.17) is 4.74 Å². The van der Waals surface area contributed by atoms with Crippen molar-refractivity contribution < 1.29 is 4.74 Å². The van der Waals surface area contributed by atoms with Gasteiger partial charge < -0.3 is 4.74 Å². The summed E-state index contributed by atoms with van der Waals surface area (Å²) in [4.78, 5) is 0. The van der Waals surface area contributed by atoms with Crippen molar-refractivity contribution in [2.24, 2.45) is 5.92 Å². The molecule has 0 aromatic carbocycles. The van der Waals surface area contributed by atoms with Crippen LogP contribution in [0, 0.1) is 5.92 Å². The highest BCUT2D eigenvalue weighted by Crippen LogP contribution is 2.22. The van der Waals surface area contributed by atoms with Gasteiger partial charge in [0.05, 0.1) is 6.10 Å². The highest BCUT2D eigenvalue weighted by Gasteiger charge is 2.19. The van der Waals surface area contributed by atoms with Crippen molar-refractivity contribution >= 4 is 0 Å². The van der Waals surface area contributed by atoms with Gasteiger partial charge in [-0.2, -0.15) is 0 Å². The third-order valence-corrected chi connectivity index (χ3v) is 2.17. The molecule has 1 heterocycles. The first-order valence-corrected chi connectivity index (χ1v) is 4.07. The zero-order valence-corrected chi connectivity index (χ0v) is 6.68. The molecule has 0 spiro atoms. The van der Waals surface area contributed by atoms with Crippen molar-refractivity contribution in [3.63, 3.8) is 0 Å². The van der Waals surface area contributed by atoms with Crippen molar-refractivity contribution in [1.29, 1.82) is 0 Å². The molecule has 0 bridgehead atoms. The van der Waals surface area contributed by atoms with Gasteiger partial charge >= 0.3 is 0 Å². The smallest absolute Gasteiger partial charge is 0.0634 e. The van der Waals surface area contributed by atoms with E-state index < -0.39 is 0 Å². The lowest BCUT2D eigenvalue weighted by molar-refractivity contribution is -0.0177. The molecule has 10 heavy (non-hydrogen) atoms. The Balaban J connectivity index is 2.32. The third-order valence-electron chi connectivity index (χ3n) is 2.17. The molecule has 0 aromatic rings. The maximum absolute atomic E-state index is 5.56. The standard InChI is InChI=1S/C9H16O/c1-3-5-9-8(2)6-4-7-10-9/h3,8-9H,1,4-7H2,2H3/t8-,9+/m1/s1.